The molecule has 2 N–H and O–H groups in total. The first-order valence-electron chi connectivity index (χ1n) is 13.7. The molecule has 0 bridgehead atoms. The van der Waals surface area contributed by atoms with Crippen LogP contribution in [0.1, 0.15) is 54.0 Å². The summed E-state index contributed by atoms with van der Waals surface area (Å²) in [7, 11) is 1.55. The van der Waals surface area contributed by atoms with Gasteiger partial charge in [-0.05, 0) is 48.4 Å². The highest BCUT2D eigenvalue weighted by Crippen LogP contribution is 2.40. The van der Waals surface area contributed by atoms with Crippen LogP contribution in [0.5, 0.6) is 11.5 Å². The van der Waals surface area contributed by atoms with Gasteiger partial charge >= 0.3 is 5.97 Å². The van der Waals surface area contributed by atoms with Crippen LogP contribution in [0.4, 0.5) is 0 Å². The van der Waals surface area contributed by atoms with E-state index >= 15 is 0 Å². The molecule has 0 unspecified atom stereocenters. The Morgan fingerprint density at radius 1 is 0.950 bits per heavy atom. The molecule has 2 atom stereocenters. The summed E-state index contributed by atoms with van der Waals surface area (Å²) >= 11 is 0. The lowest BCUT2D eigenvalue weighted by Crippen LogP contribution is -2.51. The lowest BCUT2D eigenvalue weighted by atomic mass is 9.91. The Bertz CT molecular complexity index is 1310. The number of aliphatic carboxylic acids is 1. The molecule has 1 saturated carbocycles. The Morgan fingerprint density at radius 2 is 1.62 bits per heavy atom. The van der Waals surface area contributed by atoms with Crippen molar-refractivity contribution >= 4 is 11.9 Å². The number of carbonyl (C=O) groups excluding carboxylic acids is 1. The van der Waals surface area contributed by atoms with Gasteiger partial charge in [0.1, 0.15) is 12.6 Å². The van der Waals surface area contributed by atoms with E-state index in [1.165, 1.54) is 4.90 Å². The fourth-order valence-corrected chi connectivity index (χ4v) is 5.55. The van der Waals surface area contributed by atoms with Crippen LogP contribution in [-0.4, -0.2) is 52.3 Å². The van der Waals surface area contributed by atoms with Crippen LogP contribution in [0.3, 0.4) is 0 Å². The second kappa shape index (κ2) is 12.5. The number of methoxy groups -OCH3 is 1. The molecule has 40 heavy (non-hydrogen) atoms. The number of fused-ring (bicyclic) bond motifs is 1. The van der Waals surface area contributed by atoms with E-state index in [2.05, 4.69) is 0 Å². The number of carboxylic acid groups (broad SMARTS) is 1. The fraction of sp³-hybridized carbons (Fsp3) is 0.375. The van der Waals surface area contributed by atoms with Gasteiger partial charge in [-0.2, -0.15) is 0 Å². The number of nitrogens with zero attached hydrogens (tertiary/aromatic N) is 1. The molecule has 5 rings (SSSR count). The average Bonchev–Trinajstić information content (AvgIpc) is 2.99. The van der Waals surface area contributed by atoms with Crippen molar-refractivity contribution in [1.29, 1.82) is 0 Å². The van der Waals surface area contributed by atoms with E-state index in [1.807, 2.05) is 66.7 Å². The number of rotatable bonds is 9. The Hall–Kier alpha value is -3.88. The van der Waals surface area contributed by atoms with Crippen LogP contribution in [0.15, 0.2) is 72.8 Å². The highest BCUT2D eigenvalue weighted by molar-refractivity contribution is 5.88. The number of benzene rings is 3. The molecule has 1 aliphatic heterocycles. The molecular weight excluding hydrogens is 510 g/mol. The number of aliphatic hydroxyl groups excluding tert-OH is 1. The van der Waals surface area contributed by atoms with Gasteiger partial charge in [-0.15, -0.1) is 0 Å². The van der Waals surface area contributed by atoms with E-state index in [0.29, 0.717) is 49.4 Å². The van der Waals surface area contributed by atoms with E-state index in [9.17, 15) is 19.8 Å². The zero-order valence-corrected chi connectivity index (χ0v) is 22.6. The molecule has 1 heterocycles. The summed E-state index contributed by atoms with van der Waals surface area (Å²) in [5, 5.41) is 20.2. The first-order valence-corrected chi connectivity index (χ1v) is 13.7. The summed E-state index contributed by atoms with van der Waals surface area (Å²) in [5.74, 6) is -0.469. The van der Waals surface area contributed by atoms with Crippen molar-refractivity contribution in [2.45, 2.75) is 69.6 Å². The van der Waals surface area contributed by atoms with Crippen molar-refractivity contribution in [3.63, 3.8) is 0 Å². The van der Waals surface area contributed by atoms with Gasteiger partial charge in [-0.3, -0.25) is 4.79 Å². The van der Waals surface area contributed by atoms with Gasteiger partial charge in [-0.1, -0.05) is 66.7 Å². The van der Waals surface area contributed by atoms with E-state index in [4.69, 9.17) is 14.2 Å². The third-order valence-corrected chi connectivity index (χ3v) is 7.75. The summed E-state index contributed by atoms with van der Waals surface area (Å²) in [6, 6.07) is 21.5. The maximum Gasteiger partial charge on any atom is 0.326 e. The standard InChI is InChI=1S/C32H35NO7/c1-38-28-17-12-23-19-33(27(32(36)37)18-26(23)30(28)39-20-21-8-4-2-5-9-21)31(35)29(22-10-6-3-7-11-22)40-25-15-13-24(34)14-16-25/h2-12,17,24-25,27,29,34H,13-16,18-20H2,1H3,(H,36,37)/t24-,25-,27-,29+/m1/s1. The van der Waals surface area contributed by atoms with Crippen LogP contribution in [0.25, 0.3) is 0 Å². The molecule has 0 saturated heterocycles. The van der Waals surface area contributed by atoms with Crippen LogP contribution in [-0.2, 0) is 33.9 Å². The average molecular weight is 546 g/mol. The Morgan fingerprint density at radius 3 is 2.27 bits per heavy atom. The van der Waals surface area contributed by atoms with Gasteiger partial charge in [0, 0.05) is 18.5 Å². The second-order valence-electron chi connectivity index (χ2n) is 10.4. The minimum Gasteiger partial charge on any atom is -0.493 e. The number of carbonyl (C=O) groups is 2. The topological polar surface area (TPSA) is 106 Å². The van der Waals surface area contributed by atoms with Crippen molar-refractivity contribution in [1.82, 2.24) is 4.90 Å². The van der Waals surface area contributed by atoms with Gasteiger partial charge < -0.3 is 29.3 Å². The van der Waals surface area contributed by atoms with Crippen LogP contribution < -0.4 is 9.47 Å². The van der Waals surface area contributed by atoms with Crippen molar-refractivity contribution < 1.29 is 34.0 Å². The predicted molar refractivity (Wildman–Crippen MR) is 148 cm³/mol. The molecule has 0 radical (unpaired) electrons. The highest BCUT2D eigenvalue weighted by Gasteiger charge is 2.41. The molecular formula is C32H35NO7. The lowest BCUT2D eigenvalue weighted by Gasteiger charge is -2.38. The van der Waals surface area contributed by atoms with Crippen LogP contribution in [0.2, 0.25) is 0 Å². The molecule has 3 aromatic rings. The number of hydrogen-bond donors (Lipinski definition) is 2. The third kappa shape index (κ3) is 6.13. The molecule has 1 fully saturated rings. The molecule has 2 aliphatic rings. The Balaban J connectivity index is 1.44. The monoisotopic (exact) mass is 545 g/mol. The highest BCUT2D eigenvalue weighted by atomic mass is 16.5. The Kier molecular flexibility index (Phi) is 8.67. The van der Waals surface area contributed by atoms with Crippen LogP contribution >= 0.6 is 0 Å². The summed E-state index contributed by atoms with van der Waals surface area (Å²) < 4.78 is 18.1. The van der Waals surface area contributed by atoms with Gasteiger partial charge in [0.25, 0.3) is 5.91 Å². The van der Waals surface area contributed by atoms with Crippen LogP contribution in [0, 0.1) is 0 Å². The molecule has 1 aliphatic carbocycles. The number of hydrogen-bond acceptors (Lipinski definition) is 6. The minimum absolute atomic E-state index is 0.0782. The smallest absolute Gasteiger partial charge is 0.326 e. The molecule has 210 valence electrons. The number of carboxylic acids is 1. The van der Waals surface area contributed by atoms with Gasteiger partial charge in [-0.25, -0.2) is 4.79 Å². The molecule has 0 aromatic heterocycles. The maximum absolute atomic E-state index is 14.1. The van der Waals surface area contributed by atoms with Gasteiger partial charge in [0.2, 0.25) is 0 Å². The van der Waals surface area contributed by atoms with Crippen molar-refractivity contribution in [2.75, 3.05) is 7.11 Å². The Labute approximate surface area is 234 Å². The minimum atomic E-state index is -1.10. The molecule has 0 spiro atoms. The quantitative estimate of drug-likeness (QED) is 0.402. The largest absolute Gasteiger partial charge is 0.493 e. The summed E-state index contributed by atoms with van der Waals surface area (Å²) in [6.07, 6.45) is 1.10. The van der Waals surface area contributed by atoms with Gasteiger partial charge in [0.05, 0.1) is 19.3 Å². The lowest BCUT2D eigenvalue weighted by molar-refractivity contribution is -0.161. The summed E-state index contributed by atoms with van der Waals surface area (Å²) in [5.41, 5.74) is 3.19. The number of aliphatic hydroxyl groups is 1. The molecule has 8 nitrogen and oxygen atoms in total. The first-order chi connectivity index (χ1) is 19.4. The van der Waals surface area contributed by atoms with Gasteiger partial charge in [0.15, 0.2) is 17.6 Å². The second-order valence-corrected chi connectivity index (χ2v) is 10.4. The number of ether oxygens (including phenoxy) is 3. The van der Waals surface area contributed by atoms with Crippen molar-refractivity contribution in [2.24, 2.45) is 0 Å². The first kappa shape index (κ1) is 27.7. The normalized spacial score (nSPS) is 21.2. The molecule has 1 amide bonds. The summed E-state index contributed by atoms with van der Waals surface area (Å²) in [4.78, 5) is 28.1. The number of amides is 1. The van der Waals surface area contributed by atoms with E-state index < -0.39 is 24.0 Å². The SMILES string of the molecule is COc1ccc2c(c1OCc1ccccc1)C[C@H](C(=O)O)N(C(=O)[C@@H](O[C@H]1CC[C@H](O)CC1)c1ccccc1)C2. The van der Waals surface area contributed by atoms with E-state index in [1.54, 1.807) is 13.2 Å². The zero-order valence-electron chi connectivity index (χ0n) is 22.6. The van der Waals surface area contributed by atoms with E-state index in [0.717, 1.165) is 16.7 Å². The fourth-order valence-electron chi connectivity index (χ4n) is 5.55. The predicted octanol–water partition coefficient (Wildman–Crippen LogP) is 4.67. The zero-order chi connectivity index (χ0) is 28.1. The molecule has 8 heteroatoms. The van der Waals surface area contributed by atoms with E-state index in [-0.39, 0.29) is 25.2 Å². The van der Waals surface area contributed by atoms with Crippen molar-refractivity contribution in [3.8, 4) is 11.5 Å². The summed E-state index contributed by atoms with van der Waals surface area (Å²) in [6.45, 7) is 0.404. The molecule has 3 aromatic carbocycles. The van der Waals surface area contributed by atoms with Crippen molar-refractivity contribution in [3.05, 3.63) is 95.1 Å². The maximum atomic E-state index is 14.1. The third-order valence-electron chi connectivity index (χ3n) is 7.75.